The molecule has 3 heteroatoms. The van der Waals surface area contributed by atoms with E-state index in [9.17, 15) is 0 Å². The lowest BCUT2D eigenvalue weighted by molar-refractivity contribution is 1.19. The highest BCUT2D eigenvalue weighted by Gasteiger charge is 2.05. The van der Waals surface area contributed by atoms with Crippen molar-refractivity contribution in [2.45, 2.75) is 18.2 Å². The summed E-state index contributed by atoms with van der Waals surface area (Å²) in [7, 11) is 0. The summed E-state index contributed by atoms with van der Waals surface area (Å²) in [6, 6.07) is 6.78. The van der Waals surface area contributed by atoms with Crippen molar-refractivity contribution in [1.29, 1.82) is 0 Å². The van der Waals surface area contributed by atoms with Crippen molar-refractivity contribution in [2.75, 3.05) is 6.26 Å². The lowest BCUT2D eigenvalue weighted by atomic mass is 10.2. The molecule has 1 heterocycles. The average molecular weight is 287 g/mol. The van der Waals surface area contributed by atoms with Crippen LogP contribution >= 0.6 is 39.0 Å². The van der Waals surface area contributed by atoms with E-state index in [0.29, 0.717) is 0 Å². The van der Waals surface area contributed by atoms with Crippen molar-refractivity contribution >= 4 is 49.1 Å². The van der Waals surface area contributed by atoms with Gasteiger partial charge in [-0.2, -0.15) is 0 Å². The summed E-state index contributed by atoms with van der Waals surface area (Å²) in [6.07, 6.45) is 3.24. The number of rotatable bonds is 2. The molecule has 0 unspecified atom stereocenters. The van der Waals surface area contributed by atoms with Crippen LogP contribution < -0.4 is 0 Å². The minimum atomic E-state index is 1.13. The molecule has 0 amide bonds. The molecule has 0 bridgehead atoms. The predicted molar refractivity (Wildman–Crippen MR) is 70.7 cm³/mol. The van der Waals surface area contributed by atoms with Crippen molar-refractivity contribution in [3.8, 4) is 0 Å². The second-order valence-corrected chi connectivity index (χ2v) is 5.96. The van der Waals surface area contributed by atoms with Gasteiger partial charge in [0.25, 0.3) is 0 Å². The number of benzene rings is 1. The summed E-state index contributed by atoms with van der Waals surface area (Å²) in [5.41, 5.74) is 0. The van der Waals surface area contributed by atoms with Gasteiger partial charge in [-0.15, -0.1) is 23.1 Å². The van der Waals surface area contributed by atoms with E-state index in [1.807, 2.05) is 11.3 Å². The van der Waals surface area contributed by atoms with Crippen molar-refractivity contribution < 1.29 is 0 Å². The third-order valence-electron chi connectivity index (χ3n) is 2.19. The van der Waals surface area contributed by atoms with Crippen LogP contribution in [0.3, 0.4) is 0 Å². The topological polar surface area (TPSA) is 0 Å². The zero-order valence-corrected chi connectivity index (χ0v) is 11.4. The van der Waals surface area contributed by atoms with Gasteiger partial charge in [-0.25, -0.2) is 0 Å². The second-order valence-electron chi connectivity index (χ2n) is 3.09. The molecule has 0 atom stereocenters. The van der Waals surface area contributed by atoms with E-state index < -0.39 is 0 Å². The maximum Gasteiger partial charge on any atom is 0.0357 e. The minimum absolute atomic E-state index is 1.13. The first-order chi connectivity index (χ1) is 6.74. The van der Waals surface area contributed by atoms with E-state index in [-0.39, 0.29) is 0 Å². The van der Waals surface area contributed by atoms with Gasteiger partial charge < -0.3 is 0 Å². The van der Waals surface area contributed by atoms with Crippen LogP contribution in [0.1, 0.15) is 11.8 Å². The Morgan fingerprint density at radius 3 is 2.79 bits per heavy atom. The summed E-state index contributed by atoms with van der Waals surface area (Å²) in [6.45, 7) is 2.20. The van der Waals surface area contributed by atoms with E-state index in [4.69, 9.17) is 0 Å². The van der Waals surface area contributed by atoms with E-state index >= 15 is 0 Å². The molecule has 0 N–H and O–H groups in total. The molecule has 0 aliphatic heterocycles. The first-order valence-electron chi connectivity index (χ1n) is 4.50. The van der Waals surface area contributed by atoms with Crippen LogP contribution in [0.5, 0.6) is 0 Å². The quantitative estimate of drug-likeness (QED) is 0.704. The highest BCUT2D eigenvalue weighted by Crippen LogP contribution is 2.34. The zero-order valence-electron chi connectivity index (χ0n) is 8.13. The largest absolute Gasteiger partial charge is 0.140 e. The molecule has 2 aromatic rings. The van der Waals surface area contributed by atoms with Gasteiger partial charge in [0.05, 0.1) is 0 Å². The normalized spacial score (nSPS) is 11.1. The van der Waals surface area contributed by atoms with Crippen molar-refractivity contribution in [1.82, 2.24) is 0 Å². The number of halogens is 1. The molecule has 0 saturated heterocycles. The summed E-state index contributed by atoms with van der Waals surface area (Å²) in [4.78, 5) is 2.78. The highest BCUT2D eigenvalue weighted by atomic mass is 79.9. The van der Waals surface area contributed by atoms with E-state index in [2.05, 4.69) is 47.3 Å². The average Bonchev–Trinajstić information content (AvgIpc) is 2.58. The number of fused-ring (bicyclic) bond motifs is 1. The molecule has 74 valence electrons. The van der Waals surface area contributed by atoms with E-state index in [0.717, 1.165) is 6.42 Å². The molecular weight excluding hydrogens is 276 g/mol. The number of thiophene rings is 1. The van der Waals surface area contributed by atoms with Gasteiger partial charge in [0.2, 0.25) is 0 Å². The van der Waals surface area contributed by atoms with Crippen LogP contribution in [-0.2, 0) is 6.42 Å². The molecule has 0 spiro atoms. The van der Waals surface area contributed by atoms with Crippen LogP contribution in [0.4, 0.5) is 0 Å². The Morgan fingerprint density at radius 1 is 1.36 bits per heavy atom. The Morgan fingerprint density at radius 2 is 2.14 bits per heavy atom. The first-order valence-corrected chi connectivity index (χ1v) is 7.34. The molecule has 0 radical (unpaired) electrons. The Balaban J connectivity index is 2.64. The van der Waals surface area contributed by atoms with Gasteiger partial charge in [-0.1, -0.05) is 6.92 Å². The molecule has 0 fully saturated rings. The standard InChI is InChI=1S/C11H11BrS2/c1-3-8-4-7-5-9(12)11(13-2)6-10(7)14-8/h4-6H,3H2,1-2H3. The van der Waals surface area contributed by atoms with Crippen molar-refractivity contribution in [3.05, 3.63) is 27.5 Å². The Hall–Kier alpha value is 0.01000. The summed E-state index contributed by atoms with van der Waals surface area (Å²) in [5.74, 6) is 0. The molecule has 14 heavy (non-hydrogen) atoms. The molecule has 0 saturated carbocycles. The van der Waals surface area contributed by atoms with Gasteiger partial charge in [0, 0.05) is 18.9 Å². The molecule has 2 rings (SSSR count). The summed E-state index contributed by atoms with van der Waals surface area (Å²) >= 11 is 7.28. The Kier molecular flexibility index (Phi) is 3.20. The van der Waals surface area contributed by atoms with Crippen LogP contribution in [-0.4, -0.2) is 6.26 Å². The monoisotopic (exact) mass is 286 g/mol. The fraction of sp³-hybridized carbons (Fsp3) is 0.273. The first kappa shape index (κ1) is 10.5. The number of aryl methyl sites for hydroxylation is 1. The smallest absolute Gasteiger partial charge is 0.0357 e. The summed E-state index contributed by atoms with van der Waals surface area (Å²) < 4.78 is 2.60. The molecule has 1 aromatic heterocycles. The lowest BCUT2D eigenvalue weighted by Gasteiger charge is -1.99. The molecule has 0 nitrogen and oxygen atoms in total. The zero-order chi connectivity index (χ0) is 10.1. The molecule has 0 aliphatic carbocycles. The Labute approximate surface area is 101 Å². The van der Waals surface area contributed by atoms with Crippen molar-refractivity contribution in [2.24, 2.45) is 0 Å². The number of hydrogen-bond acceptors (Lipinski definition) is 2. The predicted octanol–water partition coefficient (Wildman–Crippen LogP) is 4.95. The third-order valence-corrected chi connectivity index (χ3v) is 5.13. The SMILES string of the molecule is CCc1cc2cc(Br)c(SC)cc2s1. The van der Waals surface area contributed by atoms with Crippen LogP contribution in [0.15, 0.2) is 27.6 Å². The van der Waals surface area contributed by atoms with Gasteiger partial charge in [0.15, 0.2) is 0 Å². The van der Waals surface area contributed by atoms with Crippen molar-refractivity contribution in [3.63, 3.8) is 0 Å². The highest BCUT2D eigenvalue weighted by molar-refractivity contribution is 9.10. The van der Waals surface area contributed by atoms with Crippen LogP contribution in [0.2, 0.25) is 0 Å². The Bertz CT molecular complexity index is 460. The molecule has 0 aliphatic rings. The van der Waals surface area contributed by atoms with Gasteiger partial charge >= 0.3 is 0 Å². The lowest BCUT2D eigenvalue weighted by Crippen LogP contribution is -1.72. The molecular formula is C11H11BrS2. The van der Waals surface area contributed by atoms with E-state index in [1.165, 1.54) is 24.3 Å². The van der Waals surface area contributed by atoms with E-state index in [1.54, 1.807) is 11.8 Å². The number of thioether (sulfide) groups is 1. The fourth-order valence-corrected chi connectivity index (χ4v) is 3.86. The van der Waals surface area contributed by atoms with Gasteiger partial charge in [-0.05, 0) is 52.2 Å². The summed E-state index contributed by atoms with van der Waals surface area (Å²) in [5, 5.41) is 1.36. The van der Waals surface area contributed by atoms with Gasteiger partial charge in [0.1, 0.15) is 0 Å². The number of hydrogen-bond donors (Lipinski definition) is 0. The maximum atomic E-state index is 3.59. The van der Waals surface area contributed by atoms with Gasteiger partial charge in [-0.3, -0.25) is 0 Å². The minimum Gasteiger partial charge on any atom is -0.140 e. The maximum absolute atomic E-state index is 3.59. The molecule has 1 aromatic carbocycles. The second kappa shape index (κ2) is 4.25. The fourth-order valence-electron chi connectivity index (χ4n) is 1.43. The van der Waals surface area contributed by atoms with Crippen LogP contribution in [0, 0.1) is 0 Å². The van der Waals surface area contributed by atoms with Crippen LogP contribution in [0.25, 0.3) is 10.1 Å². The third kappa shape index (κ3) is 1.86.